The van der Waals surface area contributed by atoms with Crippen LogP contribution in [-0.4, -0.2) is 11.5 Å². The molecule has 0 aliphatic heterocycles. The smallest absolute Gasteiger partial charge is 0.219 e. The van der Waals surface area contributed by atoms with E-state index < -0.39 is 0 Å². The minimum Gasteiger partial charge on any atom is -0.439 e. The molecule has 1 N–H and O–H groups in total. The van der Waals surface area contributed by atoms with Crippen LogP contribution in [0.15, 0.2) is 42.6 Å². The zero-order valence-electron chi connectivity index (χ0n) is 11.8. The molecule has 0 aliphatic carbocycles. The highest BCUT2D eigenvalue weighted by Gasteiger charge is 2.00. The molecule has 0 atom stereocenters. The minimum atomic E-state index is 0.624. The number of nitrogens with zero attached hydrogens (tertiary/aromatic N) is 1. The molecule has 1 aromatic heterocycles. The molecule has 1 heterocycles. The summed E-state index contributed by atoms with van der Waals surface area (Å²) in [4.78, 5) is 4.33. The van der Waals surface area contributed by atoms with E-state index in [4.69, 9.17) is 4.74 Å². The number of rotatable bonds is 6. The molecule has 2 aromatic rings. The fraction of sp³-hybridized carbons (Fsp3) is 0.312. The first-order valence-corrected chi connectivity index (χ1v) is 7.80. The van der Waals surface area contributed by atoms with Gasteiger partial charge in [-0.1, -0.05) is 19.9 Å². The lowest BCUT2D eigenvalue weighted by molar-refractivity contribution is 0.462. The molecule has 0 amide bonds. The standard InChI is InChI=1S/C16H19IN2O/c1-12(2)9-18-10-13-3-8-16(19-11-13)20-15-6-4-14(17)5-7-15/h3-8,11-12,18H,9-10H2,1-2H3. The highest BCUT2D eigenvalue weighted by atomic mass is 127. The Kier molecular flexibility index (Phi) is 5.79. The largest absolute Gasteiger partial charge is 0.439 e. The number of ether oxygens (including phenoxy) is 1. The normalized spacial score (nSPS) is 10.8. The predicted molar refractivity (Wildman–Crippen MR) is 90.0 cm³/mol. The van der Waals surface area contributed by atoms with Crippen molar-refractivity contribution in [2.24, 2.45) is 5.92 Å². The van der Waals surface area contributed by atoms with Crippen molar-refractivity contribution in [2.75, 3.05) is 6.54 Å². The van der Waals surface area contributed by atoms with Crippen LogP contribution in [0.5, 0.6) is 11.6 Å². The lowest BCUT2D eigenvalue weighted by Crippen LogP contribution is -2.18. The molecule has 0 spiro atoms. The van der Waals surface area contributed by atoms with Crippen molar-refractivity contribution < 1.29 is 4.74 Å². The molecule has 0 saturated heterocycles. The van der Waals surface area contributed by atoms with Crippen LogP contribution in [0.3, 0.4) is 0 Å². The van der Waals surface area contributed by atoms with Crippen LogP contribution >= 0.6 is 22.6 Å². The Morgan fingerprint density at radius 3 is 2.50 bits per heavy atom. The van der Waals surface area contributed by atoms with Crippen molar-refractivity contribution in [1.29, 1.82) is 0 Å². The number of aromatic nitrogens is 1. The van der Waals surface area contributed by atoms with Gasteiger partial charge in [-0.2, -0.15) is 0 Å². The Morgan fingerprint density at radius 1 is 1.15 bits per heavy atom. The average Bonchev–Trinajstić information content (AvgIpc) is 2.43. The van der Waals surface area contributed by atoms with Crippen molar-refractivity contribution >= 4 is 22.6 Å². The third-order valence-electron chi connectivity index (χ3n) is 2.72. The van der Waals surface area contributed by atoms with Crippen LogP contribution in [0.2, 0.25) is 0 Å². The fourth-order valence-electron chi connectivity index (χ4n) is 1.70. The Hall–Kier alpha value is -1.14. The summed E-state index contributed by atoms with van der Waals surface area (Å²) >= 11 is 2.27. The summed E-state index contributed by atoms with van der Waals surface area (Å²) in [6.45, 7) is 6.25. The monoisotopic (exact) mass is 382 g/mol. The van der Waals surface area contributed by atoms with E-state index in [1.54, 1.807) is 0 Å². The summed E-state index contributed by atoms with van der Waals surface area (Å²) in [7, 11) is 0. The van der Waals surface area contributed by atoms with Crippen LogP contribution in [-0.2, 0) is 6.54 Å². The van der Waals surface area contributed by atoms with Gasteiger partial charge in [-0.15, -0.1) is 0 Å². The summed E-state index contributed by atoms with van der Waals surface area (Å²) in [6, 6.07) is 11.9. The van der Waals surface area contributed by atoms with Gasteiger partial charge in [-0.3, -0.25) is 0 Å². The molecule has 2 rings (SSSR count). The highest BCUT2D eigenvalue weighted by Crippen LogP contribution is 2.20. The molecule has 0 unspecified atom stereocenters. The van der Waals surface area contributed by atoms with Gasteiger partial charge in [0, 0.05) is 22.4 Å². The van der Waals surface area contributed by atoms with Gasteiger partial charge in [0.1, 0.15) is 5.75 Å². The second-order valence-corrected chi connectivity index (χ2v) is 6.33. The number of hydrogen-bond acceptors (Lipinski definition) is 3. The van der Waals surface area contributed by atoms with E-state index in [0.29, 0.717) is 11.8 Å². The maximum absolute atomic E-state index is 5.70. The fourth-order valence-corrected chi connectivity index (χ4v) is 2.06. The molecule has 106 valence electrons. The van der Waals surface area contributed by atoms with E-state index in [1.807, 2.05) is 42.6 Å². The van der Waals surface area contributed by atoms with Gasteiger partial charge in [0.2, 0.25) is 5.88 Å². The van der Waals surface area contributed by atoms with E-state index in [2.05, 4.69) is 46.7 Å². The molecule has 20 heavy (non-hydrogen) atoms. The van der Waals surface area contributed by atoms with Gasteiger partial charge < -0.3 is 10.1 Å². The molecular formula is C16H19IN2O. The van der Waals surface area contributed by atoms with Crippen molar-refractivity contribution in [2.45, 2.75) is 20.4 Å². The van der Waals surface area contributed by atoms with Gasteiger partial charge >= 0.3 is 0 Å². The molecule has 0 bridgehead atoms. The average molecular weight is 382 g/mol. The van der Waals surface area contributed by atoms with E-state index in [1.165, 1.54) is 9.13 Å². The third kappa shape index (κ3) is 5.09. The van der Waals surface area contributed by atoms with Crippen LogP contribution < -0.4 is 10.1 Å². The number of halogens is 1. The molecule has 0 aliphatic rings. The molecule has 0 fully saturated rings. The maximum Gasteiger partial charge on any atom is 0.219 e. The molecule has 3 nitrogen and oxygen atoms in total. The number of benzene rings is 1. The van der Waals surface area contributed by atoms with E-state index >= 15 is 0 Å². The number of hydrogen-bond donors (Lipinski definition) is 1. The number of pyridine rings is 1. The first-order valence-electron chi connectivity index (χ1n) is 6.72. The van der Waals surface area contributed by atoms with Crippen LogP contribution in [0, 0.1) is 9.49 Å². The Balaban J connectivity index is 1.89. The van der Waals surface area contributed by atoms with Crippen molar-refractivity contribution in [3.8, 4) is 11.6 Å². The second kappa shape index (κ2) is 7.59. The van der Waals surface area contributed by atoms with Gasteiger partial charge in [0.05, 0.1) is 0 Å². The SMILES string of the molecule is CC(C)CNCc1ccc(Oc2ccc(I)cc2)nc1. The van der Waals surface area contributed by atoms with Crippen LogP contribution in [0.4, 0.5) is 0 Å². The Bertz CT molecular complexity index is 523. The van der Waals surface area contributed by atoms with E-state index in [0.717, 1.165) is 18.8 Å². The molecule has 0 saturated carbocycles. The molecule has 0 radical (unpaired) electrons. The van der Waals surface area contributed by atoms with Gasteiger partial charge in [0.15, 0.2) is 0 Å². The highest BCUT2D eigenvalue weighted by molar-refractivity contribution is 14.1. The molecule has 4 heteroatoms. The maximum atomic E-state index is 5.70. The third-order valence-corrected chi connectivity index (χ3v) is 3.43. The van der Waals surface area contributed by atoms with Crippen LogP contribution in [0.1, 0.15) is 19.4 Å². The summed E-state index contributed by atoms with van der Waals surface area (Å²) in [5.41, 5.74) is 1.17. The lowest BCUT2D eigenvalue weighted by atomic mass is 10.2. The second-order valence-electron chi connectivity index (χ2n) is 5.09. The number of nitrogens with one attached hydrogen (secondary N) is 1. The van der Waals surface area contributed by atoms with Crippen molar-refractivity contribution in [3.63, 3.8) is 0 Å². The van der Waals surface area contributed by atoms with Gasteiger partial charge in [-0.25, -0.2) is 4.98 Å². The summed E-state index contributed by atoms with van der Waals surface area (Å²) in [6.07, 6.45) is 1.86. The van der Waals surface area contributed by atoms with E-state index in [-0.39, 0.29) is 0 Å². The predicted octanol–water partition coefficient (Wildman–Crippen LogP) is 4.22. The quantitative estimate of drug-likeness (QED) is 0.760. The lowest BCUT2D eigenvalue weighted by Gasteiger charge is -2.08. The van der Waals surface area contributed by atoms with Crippen LogP contribution in [0.25, 0.3) is 0 Å². The molecular weight excluding hydrogens is 363 g/mol. The first-order chi connectivity index (χ1) is 9.63. The zero-order chi connectivity index (χ0) is 14.4. The Morgan fingerprint density at radius 2 is 1.90 bits per heavy atom. The van der Waals surface area contributed by atoms with Crippen molar-refractivity contribution in [1.82, 2.24) is 10.3 Å². The van der Waals surface area contributed by atoms with Crippen molar-refractivity contribution in [3.05, 3.63) is 51.7 Å². The topological polar surface area (TPSA) is 34.1 Å². The minimum absolute atomic E-state index is 0.624. The summed E-state index contributed by atoms with van der Waals surface area (Å²) in [5, 5.41) is 3.39. The van der Waals surface area contributed by atoms with Gasteiger partial charge in [0.25, 0.3) is 0 Å². The summed E-state index contributed by atoms with van der Waals surface area (Å²) < 4.78 is 6.89. The van der Waals surface area contributed by atoms with E-state index in [9.17, 15) is 0 Å². The molecule has 1 aromatic carbocycles. The summed E-state index contributed by atoms with van der Waals surface area (Å²) in [5.74, 6) is 2.09. The zero-order valence-corrected chi connectivity index (χ0v) is 13.9. The van der Waals surface area contributed by atoms with Gasteiger partial charge in [-0.05, 0) is 64.9 Å². The Labute approximate surface area is 133 Å². The first kappa shape index (κ1) is 15.3.